The van der Waals surface area contributed by atoms with E-state index >= 15 is 0 Å². The minimum absolute atomic E-state index is 0.0255. The lowest BCUT2D eigenvalue weighted by Gasteiger charge is -2.25. The van der Waals surface area contributed by atoms with E-state index in [0.717, 1.165) is 6.26 Å². The second kappa shape index (κ2) is 15.9. The summed E-state index contributed by atoms with van der Waals surface area (Å²) in [5.41, 5.74) is 0.998. The highest BCUT2D eigenvalue weighted by molar-refractivity contribution is 7.88. The van der Waals surface area contributed by atoms with Gasteiger partial charge >= 0.3 is 11.9 Å². The van der Waals surface area contributed by atoms with E-state index < -0.39 is 52.2 Å². The molecule has 0 spiro atoms. The van der Waals surface area contributed by atoms with Crippen LogP contribution in [0.3, 0.4) is 0 Å². The summed E-state index contributed by atoms with van der Waals surface area (Å²) in [4.78, 5) is 26.8. The van der Waals surface area contributed by atoms with Gasteiger partial charge in [0.05, 0.1) is 17.9 Å². The van der Waals surface area contributed by atoms with Gasteiger partial charge in [-0.3, -0.25) is 0 Å². The maximum atomic E-state index is 13.7. The van der Waals surface area contributed by atoms with Gasteiger partial charge in [-0.1, -0.05) is 43.4 Å². The minimum Gasteiger partial charge on any atom is -0.492 e. The summed E-state index contributed by atoms with van der Waals surface area (Å²) in [6.45, 7) is 7.16. The molecule has 1 fully saturated rings. The van der Waals surface area contributed by atoms with Gasteiger partial charge in [0, 0.05) is 25.6 Å². The van der Waals surface area contributed by atoms with Crippen LogP contribution in [0.2, 0.25) is 0 Å². The van der Waals surface area contributed by atoms with Gasteiger partial charge in [-0.05, 0) is 57.0 Å². The molecule has 12 nitrogen and oxygen atoms in total. The molecule has 0 radical (unpaired) electrons. The number of fused-ring (bicyclic) bond motifs is 2. The molecule has 2 aliphatic heterocycles. The lowest BCUT2D eigenvalue weighted by atomic mass is 9.98. The van der Waals surface area contributed by atoms with Crippen molar-refractivity contribution in [1.29, 1.82) is 0 Å². The van der Waals surface area contributed by atoms with Gasteiger partial charge in [0.2, 0.25) is 10.0 Å². The largest absolute Gasteiger partial charge is 0.492 e. The molecule has 4 rings (SSSR count). The van der Waals surface area contributed by atoms with Crippen molar-refractivity contribution in [2.24, 2.45) is 5.92 Å². The molecule has 47 heavy (non-hydrogen) atoms. The minimum atomic E-state index is -3.40. The average Bonchev–Trinajstić information content (AvgIpc) is 3.33. The predicted molar refractivity (Wildman–Crippen MR) is 174 cm³/mol. The highest BCUT2D eigenvalue weighted by Gasteiger charge is 2.45. The van der Waals surface area contributed by atoms with E-state index in [2.05, 4.69) is 4.72 Å². The quantitative estimate of drug-likeness (QED) is 0.165. The van der Waals surface area contributed by atoms with E-state index in [1.165, 1.54) is 13.2 Å². The van der Waals surface area contributed by atoms with E-state index in [4.69, 9.17) is 33.2 Å². The Morgan fingerprint density at radius 1 is 1.06 bits per heavy atom. The third-order valence-electron chi connectivity index (χ3n) is 7.48. The predicted octanol–water partition coefficient (Wildman–Crippen LogP) is 4.50. The van der Waals surface area contributed by atoms with Gasteiger partial charge in [-0.25, -0.2) is 22.7 Å². The number of esters is 2. The number of nitrogens with one attached hydrogen (secondary N) is 1. The standard InChI is InChI=1S/C34H43NO11S/c1-22-15-16-27(44-32(36)24-11-8-7-9-12-24)31-28(45-34(3,4)46-31)14-10-13-25-19-26(41-18-17-35-47(6,38)39)20-29(42-21-40-5)30(25)33(37)43-23(22)2/h7-13,15-16,19-20,22-23,27-28,31,35H,14,17-18,21H2,1-6H3/b13-10?,16-15-/t22-,23+,27?,28?,31?/m1/s1. The summed E-state index contributed by atoms with van der Waals surface area (Å²) < 4.78 is 66.5. The number of sulfonamides is 1. The molecule has 2 aromatic carbocycles. The smallest absolute Gasteiger partial charge is 0.342 e. The van der Waals surface area contributed by atoms with Gasteiger partial charge < -0.3 is 33.2 Å². The van der Waals surface area contributed by atoms with Crippen LogP contribution < -0.4 is 14.2 Å². The molecule has 1 N–H and O–H groups in total. The number of ether oxygens (including phenoxy) is 7. The topological polar surface area (TPSA) is 145 Å². The number of methoxy groups -OCH3 is 1. The Hall–Kier alpha value is -3.75. The molecule has 0 aliphatic carbocycles. The Balaban J connectivity index is 1.71. The summed E-state index contributed by atoms with van der Waals surface area (Å²) >= 11 is 0. The number of rotatable bonds is 10. The summed E-state index contributed by atoms with van der Waals surface area (Å²) in [6.07, 6.45) is 5.97. The normalized spacial score (nSPS) is 25.1. The molecule has 3 unspecified atom stereocenters. The van der Waals surface area contributed by atoms with Gasteiger partial charge in [0.25, 0.3) is 0 Å². The molecule has 1 saturated heterocycles. The number of carbonyl (C=O) groups excluding carboxylic acids is 2. The Bertz CT molecular complexity index is 1560. The lowest BCUT2D eigenvalue weighted by molar-refractivity contribution is -0.152. The van der Waals surface area contributed by atoms with E-state index in [9.17, 15) is 18.0 Å². The van der Waals surface area contributed by atoms with Crippen LogP contribution in [0.25, 0.3) is 6.08 Å². The van der Waals surface area contributed by atoms with Crippen molar-refractivity contribution in [1.82, 2.24) is 4.72 Å². The molecule has 0 aromatic heterocycles. The second-order valence-corrected chi connectivity index (χ2v) is 13.7. The van der Waals surface area contributed by atoms with Crippen molar-refractivity contribution < 1.29 is 51.2 Å². The number of hydrogen-bond acceptors (Lipinski definition) is 11. The third kappa shape index (κ3) is 10.4. The third-order valence-corrected chi connectivity index (χ3v) is 8.21. The summed E-state index contributed by atoms with van der Waals surface area (Å²) in [7, 11) is -1.94. The number of benzene rings is 2. The van der Waals surface area contributed by atoms with Gasteiger partial charge in [-0.2, -0.15) is 0 Å². The first-order chi connectivity index (χ1) is 22.3. The van der Waals surface area contributed by atoms with Crippen LogP contribution in [0.5, 0.6) is 11.5 Å². The van der Waals surface area contributed by atoms with Gasteiger partial charge in [-0.15, -0.1) is 0 Å². The Morgan fingerprint density at radius 2 is 1.81 bits per heavy atom. The van der Waals surface area contributed by atoms with Crippen LogP contribution in [0.15, 0.2) is 60.7 Å². The number of cyclic esters (lactones) is 1. The summed E-state index contributed by atoms with van der Waals surface area (Å²) in [6, 6.07) is 11.9. The van der Waals surface area contributed by atoms with Crippen LogP contribution in [0.1, 0.15) is 60.4 Å². The zero-order chi connectivity index (χ0) is 34.2. The first-order valence-corrected chi connectivity index (χ1v) is 17.2. The van der Waals surface area contributed by atoms with Crippen molar-refractivity contribution in [3.8, 4) is 11.5 Å². The average molecular weight is 674 g/mol. The summed E-state index contributed by atoms with van der Waals surface area (Å²) in [5, 5.41) is 0. The van der Waals surface area contributed by atoms with Gasteiger partial charge in [0.15, 0.2) is 12.6 Å². The zero-order valence-corrected chi connectivity index (χ0v) is 28.3. The van der Waals surface area contributed by atoms with Crippen molar-refractivity contribution in [3.05, 3.63) is 77.4 Å². The fourth-order valence-corrected chi connectivity index (χ4v) is 5.54. The lowest BCUT2D eigenvalue weighted by Crippen LogP contribution is -2.37. The molecular weight excluding hydrogens is 630 g/mol. The van der Waals surface area contributed by atoms with E-state index in [0.29, 0.717) is 23.3 Å². The molecular formula is C34H43NO11S. The summed E-state index contributed by atoms with van der Waals surface area (Å²) in [5.74, 6) is -1.88. The highest BCUT2D eigenvalue weighted by Crippen LogP contribution is 2.36. The molecule has 256 valence electrons. The van der Waals surface area contributed by atoms with Crippen molar-refractivity contribution in [3.63, 3.8) is 0 Å². The zero-order valence-electron chi connectivity index (χ0n) is 27.5. The maximum Gasteiger partial charge on any atom is 0.342 e. The number of hydrogen-bond donors (Lipinski definition) is 1. The van der Waals surface area contributed by atoms with Gasteiger partial charge in [0.1, 0.15) is 42.0 Å². The highest BCUT2D eigenvalue weighted by atomic mass is 32.2. The van der Waals surface area contributed by atoms with Crippen molar-refractivity contribution in [2.75, 3.05) is 33.3 Å². The molecule has 0 amide bonds. The molecule has 2 heterocycles. The Kier molecular flexibility index (Phi) is 12.2. The van der Waals surface area contributed by atoms with Crippen LogP contribution >= 0.6 is 0 Å². The monoisotopic (exact) mass is 673 g/mol. The first kappa shape index (κ1) is 36.1. The molecule has 2 aromatic rings. The van der Waals surface area contributed by atoms with E-state index in [1.54, 1.807) is 63.3 Å². The van der Waals surface area contributed by atoms with Crippen LogP contribution in [-0.4, -0.2) is 83.9 Å². The number of carbonyl (C=O) groups is 2. The Labute approximate surface area is 276 Å². The fraction of sp³-hybridized carbons (Fsp3) is 0.471. The van der Waals surface area contributed by atoms with Crippen LogP contribution in [-0.2, 0) is 33.7 Å². The first-order valence-electron chi connectivity index (χ1n) is 15.3. The fourth-order valence-electron chi connectivity index (χ4n) is 5.09. The molecule has 5 atom stereocenters. The molecule has 2 aliphatic rings. The maximum absolute atomic E-state index is 13.7. The molecule has 0 bridgehead atoms. The van der Waals surface area contributed by atoms with Crippen molar-refractivity contribution in [2.45, 2.75) is 64.3 Å². The second-order valence-electron chi connectivity index (χ2n) is 11.8. The van der Waals surface area contributed by atoms with Crippen LogP contribution in [0.4, 0.5) is 0 Å². The van der Waals surface area contributed by atoms with Crippen molar-refractivity contribution >= 4 is 28.0 Å². The van der Waals surface area contributed by atoms with Crippen LogP contribution in [0, 0.1) is 5.92 Å². The van der Waals surface area contributed by atoms with E-state index in [-0.39, 0.29) is 37.2 Å². The molecule has 0 saturated carbocycles. The Morgan fingerprint density at radius 3 is 2.51 bits per heavy atom. The molecule has 13 heteroatoms. The van der Waals surface area contributed by atoms with E-state index in [1.807, 2.05) is 25.1 Å². The SMILES string of the molecule is COCOc1cc(OCCNS(C)(=O)=O)cc2c1C(=O)O[C@@H](C)[C@H](C)/C=C\C(OC(=O)c1ccccc1)C1OC(C)(C)OC1CC=C2.